The summed E-state index contributed by atoms with van der Waals surface area (Å²) in [6.45, 7) is 4.14. The molecule has 2 heterocycles. The molecule has 3 aromatic rings. The summed E-state index contributed by atoms with van der Waals surface area (Å²) < 4.78 is 7.55. The first kappa shape index (κ1) is 28.9. The Kier molecular flexibility index (Phi) is 8.85. The van der Waals surface area contributed by atoms with Gasteiger partial charge in [-0.3, -0.25) is 9.59 Å². The van der Waals surface area contributed by atoms with Gasteiger partial charge in [0.2, 0.25) is 12.4 Å². The molecule has 42 heavy (non-hydrogen) atoms. The number of fused-ring (bicyclic) bond motifs is 1. The lowest BCUT2D eigenvalue weighted by molar-refractivity contribution is -0.108. The number of amidine groups is 1. The molecule has 0 bridgehead atoms. The van der Waals surface area contributed by atoms with E-state index in [2.05, 4.69) is 34.9 Å². The van der Waals surface area contributed by atoms with Crippen LogP contribution < -0.4 is 20.9 Å². The van der Waals surface area contributed by atoms with E-state index in [1.165, 1.54) is 7.11 Å². The lowest BCUT2D eigenvalue weighted by atomic mass is 9.90. The number of nitrogens with one attached hydrogen (secondary N) is 2. The van der Waals surface area contributed by atoms with Crippen molar-refractivity contribution in [1.82, 2.24) is 14.9 Å². The van der Waals surface area contributed by atoms with Crippen molar-refractivity contribution in [3.63, 3.8) is 0 Å². The molecule has 5 rings (SSSR count). The largest absolute Gasteiger partial charge is 0.490 e. The molecule has 1 aliphatic carbocycles. The smallest absolute Gasteiger partial charge is 0.263 e. The molecule has 0 saturated heterocycles. The van der Waals surface area contributed by atoms with E-state index in [4.69, 9.17) is 14.6 Å². The fraction of sp³-hybridized carbons (Fsp3) is 0.333. The lowest BCUT2D eigenvalue weighted by Gasteiger charge is -2.19. The average Bonchev–Trinajstić information content (AvgIpc) is 3.38. The maximum absolute atomic E-state index is 14.1. The molecule has 2 aromatic carbocycles. The molecular formula is C33H37N5O4. The van der Waals surface area contributed by atoms with Gasteiger partial charge in [-0.25, -0.2) is 9.55 Å². The van der Waals surface area contributed by atoms with E-state index < -0.39 is 0 Å². The summed E-state index contributed by atoms with van der Waals surface area (Å²) in [5.74, 6) is 1.76. The summed E-state index contributed by atoms with van der Waals surface area (Å²) in [5, 5.41) is 9.79. The SMILES string of the molecule is CCCc1nc(NC)n(-c2ccc3c(c2)CC(C)O3)c(=O)c1Cc1ccc(C2=CCCC=C2/C(=N/OC)NC=O)cc1. The quantitative estimate of drug-likeness (QED) is 0.155. The Morgan fingerprint density at radius 3 is 2.69 bits per heavy atom. The number of nitrogens with zero attached hydrogens (tertiary/aromatic N) is 3. The number of carbonyl (C=O) groups excluding carboxylic acids is 1. The highest BCUT2D eigenvalue weighted by molar-refractivity contribution is 6.14. The molecule has 1 atom stereocenters. The van der Waals surface area contributed by atoms with Crippen LogP contribution in [-0.2, 0) is 28.9 Å². The minimum atomic E-state index is -0.0747. The van der Waals surface area contributed by atoms with Gasteiger partial charge in [-0.15, -0.1) is 0 Å². The second kappa shape index (κ2) is 12.9. The van der Waals surface area contributed by atoms with Gasteiger partial charge in [0.25, 0.3) is 5.56 Å². The van der Waals surface area contributed by atoms with Gasteiger partial charge >= 0.3 is 0 Å². The monoisotopic (exact) mass is 567 g/mol. The third-order valence-electron chi connectivity index (χ3n) is 7.54. The number of anilines is 1. The van der Waals surface area contributed by atoms with Gasteiger partial charge in [0.05, 0.1) is 11.4 Å². The predicted molar refractivity (Wildman–Crippen MR) is 165 cm³/mol. The Hall–Kier alpha value is -4.66. The van der Waals surface area contributed by atoms with E-state index in [0.29, 0.717) is 36.6 Å². The maximum atomic E-state index is 14.1. The van der Waals surface area contributed by atoms with Crippen LogP contribution >= 0.6 is 0 Å². The minimum absolute atomic E-state index is 0.0747. The Bertz CT molecular complexity index is 1620. The van der Waals surface area contributed by atoms with Crippen LogP contribution in [0.3, 0.4) is 0 Å². The van der Waals surface area contributed by atoms with Crippen LogP contribution in [0.15, 0.2) is 70.1 Å². The number of carbonyl (C=O) groups is 1. The van der Waals surface area contributed by atoms with Crippen molar-refractivity contribution >= 4 is 23.8 Å². The van der Waals surface area contributed by atoms with Crippen molar-refractivity contribution in [2.75, 3.05) is 19.5 Å². The number of allylic oxidation sites excluding steroid dienone is 2. The molecular weight excluding hydrogens is 530 g/mol. The molecule has 1 amide bonds. The van der Waals surface area contributed by atoms with Crippen LogP contribution in [0.5, 0.6) is 5.75 Å². The zero-order valence-corrected chi connectivity index (χ0v) is 24.6. The molecule has 1 aliphatic heterocycles. The molecule has 0 spiro atoms. The predicted octanol–water partition coefficient (Wildman–Crippen LogP) is 4.95. The molecule has 0 radical (unpaired) electrons. The molecule has 2 N–H and O–H groups in total. The van der Waals surface area contributed by atoms with Crippen molar-refractivity contribution in [1.29, 1.82) is 0 Å². The first-order valence-corrected chi connectivity index (χ1v) is 14.4. The molecule has 9 heteroatoms. The number of rotatable bonds is 10. The van der Waals surface area contributed by atoms with Crippen LogP contribution in [0.4, 0.5) is 5.95 Å². The standard InChI is InChI=1S/C33H37N5O4/c1-5-8-29-28(32(40)38(33(34-3)36-29)25-15-16-30-24(19-25)17-21(2)42-30)18-22-11-13-23(14-12-22)26-9-6-7-10-27(26)31(35-20-39)37-41-4/h9-16,19-21H,5-8,17-18H2,1-4H3,(H,34,36)(H,35,37,39). The van der Waals surface area contributed by atoms with Crippen LogP contribution in [0.1, 0.15) is 61.1 Å². The number of ether oxygens (including phenoxy) is 1. The van der Waals surface area contributed by atoms with Crippen molar-refractivity contribution in [3.05, 3.63) is 98.5 Å². The van der Waals surface area contributed by atoms with Gasteiger partial charge in [-0.05, 0) is 66.6 Å². The molecule has 0 saturated carbocycles. The second-order valence-corrected chi connectivity index (χ2v) is 10.5. The summed E-state index contributed by atoms with van der Waals surface area (Å²) in [5.41, 5.74) is 7.08. The number of amides is 1. The van der Waals surface area contributed by atoms with Crippen molar-refractivity contribution in [2.45, 2.75) is 58.5 Å². The topological polar surface area (TPSA) is 107 Å². The average molecular weight is 568 g/mol. The van der Waals surface area contributed by atoms with Crippen molar-refractivity contribution in [2.24, 2.45) is 5.16 Å². The first-order chi connectivity index (χ1) is 20.5. The van der Waals surface area contributed by atoms with Crippen molar-refractivity contribution < 1.29 is 14.4 Å². The van der Waals surface area contributed by atoms with Gasteiger partial charge in [0.1, 0.15) is 19.0 Å². The van der Waals surface area contributed by atoms with E-state index in [1.807, 2.05) is 49.4 Å². The summed E-state index contributed by atoms with van der Waals surface area (Å²) >= 11 is 0. The summed E-state index contributed by atoms with van der Waals surface area (Å²) in [7, 11) is 3.24. The lowest BCUT2D eigenvalue weighted by Crippen LogP contribution is -2.28. The Morgan fingerprint density at radius 2 is 1.98 bits per heavy atom. The van der Waals surface area contributed by atoms with Crippen LogP contribution in [-0.4, -0.2) is 42.1 Å². The van der Waals surface area contributed by atoms with E-state index in [1.54, 1.807) is 11.6 Å². The number of hydrogen-bond acceptors (Lipinski definition) is 7. The van der Waals surface area contributed by atoms with Gasteiger partial charge in [0, 0.05) is 31.0 Å². The number of benzene rings is 2. The van der Waals surface area contributed by atoms with E-state index in [0.717, 1.165) is 70.7 Å². The molecule has 9 nitrogen and oxygen atoms in total. The summed E-state index contributed by atoms with van der Waals surface area (Å²) in [6, 6.07) is 14.1. The number of oxime groups is 1. The molecule has 1 aromatic heterocycles. The molecule has 0 fully saturated rings. The normalized spacial score (nSPS) is 16.2. The van der Waals surface area contributed by atoms with Crippen LogP contribution in [0, 0.1) is 0 Å². The Labute approximate surface area is 246 Å². The third-order valence-corrected chi connectivity index (χ3v) is 7.54. The number of hydrogen-bond donors (Lipinski definition) is 2. The molecule has 218 valence electrons. The fourth-order valence-corrected chi connectivity index (χ4v) is 5.66. The van der Waals surface area contributed by atoms with Gasteiger partial charge in [-0.2, -0.15) is 0 Å². The van der Waals surface area contributed by atoms with E-state index in [-0.39, 0.29) is 11.7 Å². The van der Waals surface area contributed by atoms with E-state index >= 15 is 0 Å². The van der Waals surface area contributed by atoms with Crippen molar-refractivity contribution in [3.8, 4) is 11.4 Å². The van der Waals surface area contributed by atoms with Crippen LogP contribution in [0.2, 0.25) is 0 Å². The summed E-state index contributed by atoms with van der Waals surface area (Å²) in [4.78, 5) is 35.2. The van der Waals surface area contributed by atoms with E-state index in [9.17, 15) is 9.59 Å². The molecule has 1 unspecified atom stereocenters. The van der Waals surface area contributed by atoms with Gasteiger partial charge in [-0.1, -0.05) is 54.9 Å². The molecule has 2 aliphatic rings. The highest BCUT2D eigenvalue weighted by atomic mass is 16.6. The zero-order chi connectivity index (χ0) is 29.6. The Balaban J connectivity index is 1.49. The maximum Gasteiger partial charge on any atom is 0.263 e. The number of aromatic nitrogens is 2. The van der Waals surface area contributed by atoms with Gasteiger partial charge < -0.3 is 20.2 Å². The highest BCUT2D eigenvalue weighted by Gasteiger charge is 2.23. The second-order valence-electron chi connectivity index (χ2n) is 10.5. The fourth-order valence-electron chi connectivity index (χ4n) is 5.66. The number of aryl methyl sites for hydroxylation is 1. The first-order valence-electron chi connectivity index (χ1n) is 14.4. The third kappa shape index (κ3) is 5.86. The van der Waals surface area contributed by atoms with Gasteiger partial charge in [0.15, 0.2) is 5.84 Å². The summed E-state index contributed by atoms with van der Waals surface area (Å²) in [6.07, 6.45) is 9.50. The van der Waals surface area contributed by atoms with Crippen LogP contribution in [0.25, 0.3) is 11.3 Å². The zero-order valence-electron chi connectivity index (χ0n) is 24.6. The Morgan fingerprint density at radius 1 is 1.19 bits per heavy atom. The highest BCUT2D eigenvalue weighted by Crippen LogP contribution is 2.32. The minimum Gasteiger partial charge on any atom is -0.490 e.